The van der Waals surface area contributed by atoms with E-state index in [1.807, 2.05) is 0 Å². The van der Waals surface area contributed by atoms with Crippen LogP contribution in [-0.4, -0.2) is 37.6 Å². The molecule has 1 aliphatic heterocycles. The number of benzene rings is 1. The highest BCUT2D eigenvalue weighted by atomic mass is 15.1. The van der Waals surface area contributed by atoms with Crippen LogP contribution in [0.15, 0.2) is 24.3 Å². The summed E-state index contributed by atoms with van der Waals surface area (Å²) in [6.07, 6.45) is 6.75. The van der Waals surface area contributed by atoms with Crippen LogP contribution in [0.5, 0.6) is 0 Å². The predicted molar refractivity (Wildman–Crippen MR) is 89.8 cm³/mol. The monoisotopic (exact) mass is 286 g/mol. The number of fused-ring (bicyclic) bond motifs is 1. The summed E-state index contributed by atoms with van der Waals surface area (Å²) < 4.78 is 0. The van der Waals surface area contributed by atoms with E-state index in [-0.39, 0.29) is 0 Å². The molecule has 0 spiro atoms. The van der Waals surface area contributed by atoms with Gasteiger partial charge in [-0.15, -0.1) is 0 Å². The van der Waals surface area contributed by atoms with E-state index in [1.165, 1.54) is 51.7 Å². The minimum Gasteiger partial charge on any atom is -0.317 e. The fourth-order valence-corrected chi connectivity index (χ4v) is 4.23. The molecule has 116 valence electrons. The van der Waals surface area contributed by atoms with Gasteiger partial charge in [-0.2, -0.15) is 0 Å². The van der Waals surface area contributed by atoms with Gasteiger partial charge < -0.3 is 10.2 Å². The Balaban J connectivity index is 1.57. The van der Waals surface area contributed by atoms with Gasteiger partial charge in [-0.25, -0.2) is 0 Å². The van der Waals surface area contributed by atoms with Gasteiger partial charge in [0.1, 0.15) is 0 Å². The zero-order valence-corrected chi connectivity index (χ0v) is 13.6. The van der Waals surface area contributed by atoms with Gasteiger partial charge in [0.2, 0.25) is 0 Å². The van der Waals surface area contributed by atoms with Gasteiger partial charge in [0.25, 0.3) is 0 Å². The Bertz CT molecular complexity index is 449. The predicted octanol–water partition coefficient (Wildman–Crippen LogP) is 3.43. The van der Waals surface area contributed by atoms with Gasteiger partial charge in [-0.3, -0.25) is 0 Å². The van der Waals surface area contributed by atoms with Crippen LogP contribution in [0.3, 0.4) is 0 Å². The summed E-state index contributed by atoms with van der Waals surface area (Å²) in [6, 6.07) is 9.80. The van der Waals surface area contributed by atoms with Gasteiger partial charge in [-0.05, 0) is 82.1 Å². The molecule has 2 unspecified atom stereocenters. The third-order valence-electron chi connectivity index (χ3n) is 5.77. The maximum absolute atomic E-state index is 3.43. The maximum atomic E-state index is 3.43. The Morgan fingerprint density at radius 3 is 2.71 bits per heavy atom. The molecule has 0 saturated carbocycles. The van der Waals surface area contributed by atoms with Gasteiger partial charge in [0.15, 0.2) is 0 Å². The molecule has 1 saturated heterocycles. The van der Waals surface area contributed by atoms with E-state index in [9.17, 15) is 0 Å². The summed E-state index contributed by atoms with van der Waals surface area (Å²) in [6.45, 7) is 6.18. The van der Waals surface area contributed by atoms with Crippen LogP contribution in [0.1, 0.15) is 49.7 Å². The summed E-state index contributed by atoms with van der Waals surface area (Å²) in [5.74, 6) is 1.64. The molecule has 2 aliphatic rings. The van der Waals surface area contributed by atoms with E-state index in [4.69, 9.17) is 0 Å². The second kappa shape index (κ2) is 6.93. The van der Waals surface area contributed by atoms with Crippen molar-refractivity contribution in [2.45, 2.75) is 51.0 Å². The normalized spacial score (nSPS) is 25.5. The number of rotatable bonds is 4. The molecule has 0 radical (unpaired) electrons. The largest absolute Gasteiger partial charge is 0.317 e. The first-order valence-corrected chi connectivity index (χ1v) is 8.75. The number of hydrogen-bond acceptors (Lipinski definition) is 2. The van der Waals surface area contributed by atoms with Crippen molar-refractivity contribution >= 4 is 0 Å². The summed E-state index contributed by atoms with van der Waals surface area (Å²) in [5, 5.41) is 3.43. The highest BCUT2D eigenvalue weighted by molar-refractivity contribution is 5.32. The number of hydrogen-bond donors (Lipinski definition) is 1. The maximum Gasteiger partial charge on any atom is 0.00649 e. The number of piperidine rings is 1. The third-order valence-corrected chi connectivity index (χ3v) is 5.77. The molecular weight excluding hydrogens is 256 g/mol. The lowest BCUT2D eigenvalue weighted by Gasteiger charge is -2.37. The molecule has 1 aromatic carbocycles. The van der Waals surface area contributed by atoms with E-state index >= 15 is 0 Å². The van der Waals surface area contributed by atoms with E-state index in [0.29, 0.717) is 6.04 Å². The number of nitrogens with zero attached hydrogens (tertiary/aromatic N) is 1. The van der Waals surface area contributed by atoms with Crippen molar-refractivity contribution in [2.75, 3.05) is 26.7 Å². The number of likely N-dealkylation sites (tertiary alicyclic amines) is 1. The fraction of sp³-hybridized carbons (Fsp3) is 0.684. The molecule has 1 aliphatic carbocycles. The molecular formula is C19H30N2. The Hall–Kier alpha value is -0.860. The highest BCUT2D eigenvalue weighted by Crippen LogP contribution is 2.33. The molecule has 1 aromatic rings. The van der Waals surface area contributed by atoms with Crippen LogP contribution < -0.4 is 5.32 Å². The lowest BCUT2D eigenvalue weighted by molar-refractivity contribution is 0.154. The van der Waals surface area contributed by atoms with Crippen molar-refractivity contribution in [1.29, 1.82) is 0 Å². The number of aryl methyl sites for hydroxylation is 1. The quantitative estimate of drug-likeness (QED) is 0.912. The minimum absolute atomic E-state index is 0.669. The fourth-order valence-electron chi connectivity index (χ4n) is 4.23. The summed E-state index contributed by atoms with van der Waals surface area (Å²) in [7, 11) is 2.09. The molecule has 0 amide bonds. The Morgan fingerprint density at radius 2 is 1.95 bits per heavy atom. The van der Waals surface area contributed by atoms with Crippen molar-refractivity contribution < 1.29 is 0 Å². The highest BCUT2D eigenvalue weighted by Gasteiger charge is 2.26. The van der Waals surface area contributed by atoms with Gasteiger partial charge >= 0.3 is 0 Å². The first kappa shape index (κ1) is 15.1. The lowest BCUT2D eigenvalue weighted by atomic mass is 9.82. The van der Waals surface area contributed by atoms with Gasteiger partial charge in [0, 0.05) is 12.6 Å². The third kappa shape index (κ3) is 3.49. The van der Waals surface area contributed by atoms with Crippen molar-refractivity contribution in [3.8, 4) is 0 Å². The van der Waals surface area contributed by atoms with Crippen LogP contribution >= 0.6 is 0 Å². The van der Waals surface area contributed by atoms with Crippen molar-refractivity contribution in [2.24, 2.45) is 5.92 Å². The molecule has 1 heterocycles. The van der Waals surface area contributed by atoms with Crippen molar-refractivity contribution in [1.82, 2.24) is 10.2 Å². The summed E-state index contributed by atoms with van der Waals surface area (Å²) >= 11 is 0. The zero-order chi connectivity index (χ0) is 14.7. The minimum atomic E-state index is 0.669. The average Bonchev–Trinajstić information content (AvgIpc) is 2.55. The molecule has 1 N–H and O–H groups in total. The topological polar surface area (TPSA) is 15.3 Å². The molecule has 2 atom stereocenters. The van der Waals surface area contributed by atoms with Crippen molar-refractivity contribution in [3.05, 3.63) is 35.4 Å². The molecule has 2 heteroatoms. The van der Waals surface area contributed by atoms with Gasteiger partial charge in [0.05, 0.1) is 0 Å². The average molecular weight is 286 g/mol. The SMILES string of the molecule is CNC(C)C1CCN(CC2CCCc3ccccc32)CC1. The van der Waals surface area contributed by atoms with Crippen molar-refractivity contribution in [3.63, 3.8) is 0 Å². The summed E-state index contributed by atoms with van der Waals surface area (Å²) in [4.78, 5) is 2.71. The molecule has 2 nitrogen and oxygen atoms in total. The van der Waals surface area contributed by atoms with Crippen LogP contribution in [0.4, 0.5) is 0 Å². The zero-order valence-electron chi connectivity index (χ0n) is 13.6. The Labute approximate surface area is 129 Å². The van der Waals surface area contributed by atoms with Crippen LogP contribution in [0, 0.1) is 5.92 Å². The first-order chi connectivity index (χ1) is 10.3. The molecule has 0 aromatic heterocycles. The van der Waals surface area contributed by atoms with E-state index < -0.39 is 0 Å². The van der Waals surface area contributed by atoms with E-state index in [1.54, 1.807) is 11.1 Å². The molecule has 3 rings (SSSR count). The van der Waals surface area contributed by atoms with Crippen LogP contribution in [0.2, 0.25) is 0 Å². The second-order valence-corrected chi connectivity index (χ2v) is 7.00. The molecule has 0 bridgehead atoms. The van der Waals surface area contributed by atoms with E-state index in [0.717, 1.165) is 11.8 Å². The first-order valence-electron chi connectivity index (χ1n) is 8.75. The Morgan fingerprint density at radius 1 is 1.19 bits per heavy atom. The Kier molecular flexibility index (Phi) is 4.97. The summed E-state index contributed by atoms with van der Waals surface area (Å²) in [5.41, 5.74) is 3.24. The second-order valence-electron chi connectivity index (χ2n) is 7.00. The van der Waals surface area contributed by atoms with E-state index in [2.05, 4.69) is 48.5 Å². The smallest absolute Gasteiger partial charge is 0.00649 e. The van der Waals surface area contributed by atoms with Crippen LogP contribution in [-0.2, 0) is 6.42 Å². The standard InChI is InChI=1S/C19H30N2/c1-15(20-2)16-10-12-21(13-11-16)14-18-8-5-7-17-6-3-4-9-19(17)18/h3-4,6,9,15-16,18,20H,5,7-8,10-14H2,1-2H3. The molecule has 21 heavy (non-hydrogen) atoms. The molecule has 1 fully saturated rings. The van der Waals surface area contributed by atoms with Crippen LogP contribution in [0.25, 0.3) is 0 Å². The number of nitrogens with one attached hydrogen (secondary N) is 1. The lowest BCUT2D eigenvalue weighted by Crippen LogP contribution is -2.42. The van der Waals surface area contributed by atoms with Gasteiger partial charge in [-0.1, -0.05) is 24.3 Å².